The van der Waals surface area contributed by atoms with Crippen molar-refractivity contribution in [2.24, 2.45) is 0 Å². The smallest absolute Gasteiger partial charge is 0.182 e. The van der Waals surface area contributed by atoms with Crippen LogP contribution in [0.2, 0.25) is 0 Å². The Labute approximate surface area is 182 Å². The minimum absolute atomic E-state index is 0.196. The molecule has 10 heteroatoms. The number of nitrogens with zero attached hydrogens (tertiary/aromatic N) is 7. The van der Waals surface area contributed by atoms with Crippen molar-refractivity contribution in [1.82, 2.24) is 24.9 Å². The van der Waals surface area contributed by atoms with E-state index >= 15 is 0 Å². The molecule has 1 aliphatic rings. The molecule has 1 aromatic carbocycles. The van der Waals surface area contributed by atoms with Gasteiger partial charge in [0, 0.05) is 24.7 Å². The van der Waals surface area contributed by atoms with Gasteiger partial charge in [0.1, 0.15) is 35.1 Å². The molecule has 3 aromatic heterocycles. The lowest BCUT2D eigenvalue weighted by molar-refractivity contribution is 0.122. The standard InChI is InChI=1S/C22H18FN7O2/c23-17-4-2-1-3-15(17)14-30-20(18-5-8-32-28-18)11-19(27-30)21-25-13-16(12-24)22(26-21)29-6-9-31-10-7-29/h1-5,8,11,13H,6-7,9-10,14H2. The normalized spacial score (nSPS) is 13.8. The van der Waals surface area contributed by atoms with Crippen molar-refractivity contribution in [2.75, 3.05) is 31.2 Å². The van der Waals surface area contributed by atoms with Gasteiger partial charge in [0.15, 0.2) is 11.6 Å². The molecule has 0 saturated carbocycles. The number of rotatable bonds is 5. The molecule has 160 valence electrons. The highest BCUT2D eigenvalue weighted by atomic mass is 19.1. The first-order valence-electron chi connectivity index (χ1n) is 10.0. The van der Waals surface area contributed by atoms with Crippen molar-refractivity contribution in [2.45, 2.75) is 6.54 Å². The minimum Gasteiger partial charge on any atom is -0.378 e. The summed E-state index contributed by atoms with van der Waals surface area (Å²) in [6, 6.07) is 12.2. The third-order valence-electron chi connectivity index (χ3n) is 5.19. The zero-order valence-electron chi connectivity index (χ0n) is 17.0. The Morgan fingerprint density at radius 3 is 2.72 bits per heavy atom. The van der Waals surface area contributed by atoms with Gasteiger partial charge in [-0.15, -0.1) is 0 Å². The molecule has 9 nitrogen and oxygen atoms in total. The zero-order chi connectivity index (χ0) is 21.9. The Kier molecular flexibility index (Phi) is 5.31. The average Bonchev–Trinajstić information content (AvgIpc) is 3.51. The summed E-state index contributed by atoms with van der Waals surface area (Å²) < 4.78 is 26.3. The molecule has 0 aliphatic carbocycles. The summed E-state index contributed by atoms with van der Waals surface area (Å²) in [7, 11) is 0. The lowest BCUT2D eigenvalue weighted by Gasteiger charge is -2.28. The van der Waals surface area contributed by atoms with Crippen LogP contribution in [-0.2, 0) is 11.3 Å². The van der Waals surface area contributed by atoms with Gasteiger partial charge in [0.25, 0.3) is 0 Å². The maximum Gasteiger partial charge on any atom is 0.182 e. The summed E-state index contributed by atoms with van der Waals surface area (Å²) in [5, 5.41) is 18.1. The Hall–Kier alpha value is -4.10. The van der Waals surface area contributed by atoms with E-state index in [1.165, 1.54) is 18.5 Å². The quantitative estimate of drug-likeness (QED) is 0.475. The fourth-order valence-electron chi connectivity index (χ4n) is 3.58. The van der Waals surface area contributed by atoms with E-state index in [0.29, 0.717) is 66.2 Å². The first kappa shape index (κ1) is 19.8. The van der Waals surface area contributed by atoms with Crippen LogP contribution in [0.3, 0.4) is 0 Å². The molecular formula is C22H18FN7O2. The molecule has 5 rings (SSSR count). The fraction of sp³-hybridized carbons (Fsp3) is 0.227. The topological polar surface area (TPSA) is 106 Å². The maximum atomic E-state index is 14.3. The van der Waals surface area contributed by atoms with Crippen molar-refractivity contribution in [1.29, 1.82) is 5.26 Å². The van der Waals surface area contributed by atoms with E-state index in [1.807, 2.05) is 4.90 Å². The second kappa shape index (κ2) is 8.56. The Bertz CT molecular complexity index is 1270. The van der Waals surface area contributed by atoms with Gasteiger partial charge in [0.2, 0.25) is 0 Å². The highest BCUT2D eigenvalue weighted by molar-refractivity contribution is 5.65. The molecule has 0 spiro atoms. The molecule has 0 radical (unpaired) electrons. The van der Waals surface area contributed by atoms with E-state index in [2.05, 4.69) is 26.3 Å². The second-order valence-electron chi connectivity index (χ2n) is 7.19. The van der Waals surface area contributed by atoms with E-state index in [9.17, 15) is 9.65 Å². The third-order valence-corrected chi connectivity index (χ3v) is 5.19. The fourth-order valence-corrected chi connectivity index (χ4v) is 3.58. The van der Waals surface area contributed by atoms with Gasteiger partial charge in [-0.1, -0.05) is 23.4 Å². The van der Waals surface area contributed by atoms with Gasteiger partial charge in [0.05, 0.1) is 31.6 Å². The van der Waals surface area contributed by atoms with Crippen LogP contribution in [0, 0.1) is 17.1 Å². The Balaban J connectivity index is 1.57. The molecule has 0 amide bonds. The Morgan fingerprint density at radius 2 is 1.97 bits per heavy atom. The van der Waals surface area contributed by atoms with Gasteiger partial charge in [-0.25, -0.2) is 14.4 Å². The number of nitriles is 1. The van der Waals surface area contributed by atoms with E-state index < -0.39 is 0 Å². The first-order chi connectivity index (χ1) is 15.7. The molecule has 1 fully saturated rings. The molecule has 1 saturated heterocycles. The number of benzene rings is 1. The van der Waals surface area contributed by atoms with Crippen molar-refractivity contribution in [3.8, 4) is 29.0 Å². The largest absolute Gasteiger partial charge is 0.378 e. The highest BCUT2D eigenvalue weighted by Crippen LogP contribution is 2.27. The number of aromatic nitrogens is 5. The number of anilines is 1. The minimum atomic E-state index is -0.320. The number of morpholine rings is 1. The van der Waals surface area contributed by atoms with Crippen molar-refractivity contribution in [3.63, 3.8) is 0 Å². The summed E-state index contributed by atoms with van der Waals surface area (Å²) in [6.45, 7) is 2.60. The summed E-state index contributed by atoms with van der Waals surface area (Å²) >= 11 is 0. The highest BCUT2D eigenvalue weighted by Gasteiger charge is 2.21. The number of halogens is 1. The second-order valence-corrected chi connectivity index (χ2v) is 7.19. The van der Waals surface area contributed by atoms with E-state index in [1.54, 1.807) is 35.0 Å². The van der Waals surface area contributed by atoms with Crippen molar-refractivity contribution >= 4 is 5.82 Å². The zero-order valence-corrected chi connectivity index (χ0v) is 17.0. The third kappa shape index (κ3) is 3.81. The van der Waals surface area contributed by atoms with Crippen LogP contribution in [0.25, 0.3) is 22.9 Å². The SMILES string of the molecule is N#Cc1cnc(-c2cc(-c3ccon3)n(Cc3ccccc3F)n2)nc1N1CCOCC1. The van der Waals surface area contributed by atoms with E-state index in [0.717, 1.165) is 0 Å². The number of hydrogen-bond acceptors (Lipinski definition) is 8. The maximum absolute atomic E-state index is 14.3. The van der Waals surface area contributed by atoms with Gasteiger partial charge in [-0.3, -0.25) is 4.68 Å². The van der Waals surface area contributed by atoms with Gasteiger partial charge in [-0.05, 0) is 12.1 Å². The lowest BCUT2D eigenvalue weighted by atomic mass is 10.2. The van der Waals surface area contributed by atoms with Gasteiger partial charge in [-0.2, -0.15) is 10.4 Å². The molecule has 1 aliphatic heterocycles. The predicted octanol–water partition coefficient (Wildman–Crippen LogP) is 2.89. The molecular weight excluding hydrogens is 413 g/mol. The summed E-state index contributed by atoms with van der Waals surface area (Å²) in [5.41, 5.74) is 2.55. The summed E-state index contributed by atoms with van der Waals surface area (Å²) in [5.74, 6) is 0.592. The molecule has 4 aromatic rings. The Morgan fingerprint density at radius 1 is 1.12 bits per heavy atom. The molecule has 0 bridgehead atoms. The number of ether oxygens (including phenoxy) is 1. The molecule has 32 heavy (non-hydrogen) atoms. The van der Waals surface area contributed by atoms with E-state index in [4.69, 9.17) is 9.26 Å². The van der Waals surface area contributed by atoms with Gasteiger partial charge >= 0.3 is 0 Å². The first-order valence-corrected chi connectivity index (χ1v) is 10.0. The van der Waals surface area contributed by atoms with Crippen molar-refractivity contribution in [3.05, 3.63) is 65.8 Å². The van der Waals surface area contributed by atoms with Crippen LogP contribution in [0.5, 0.6) is 0 Å². The molecule has 4 heterocycles. The van der Waals surface area contributed by atoms with Crippen LogP contribution >= 0.6 is 0 Å². The molecule has 0 N–H and O–H groups in total. The monoisotopic (exact) mass is 431 g/mol. The van der Waals surface area contributed by atoms with Crippen LogP contribution in [-0.4, -0.2) is 51.2 Å². The summed E-state index contributed by atoms with van der Waals surface area (Å²) in [6.07, 6.45) is 2.96. The lowest BCUT2D eigenvalue weighted by Crippen LogP contribution is -2.37. The number of hydrogen-bond donors (Lipinski definition) is 0. The predicted molar refractivity (Wildman–Crippen MR) is 112 cm³/mol. The van der Waals surface area contributed by atoms with Gasteiger partial charge < -0.3 is 14.2 Å². The van der Waals surface area contributed by atoms with Crippen molar-refractivity contribution < 1.29 is 13.7 Å². The van der Waals surface area contributed by atoms with Crippen LogP contribution in [0.15, 0.2) is 53.4 Å². The van der Waals surface area contributed by atoms with E-state index in [-0.39, 0.29) is 12.4 Å². The van der Waals surface area contributed by atoms with Crippen LogP contribution in [0.4, 0.5) is 10.2 Å². The molecule has 0 atom stereocenters. The van der Waals surface area contributed by atoms with Crippen LogP contribution in [0.1, 0.15) is 11.1 Å². The van der Waals surface area contributed by atoms with Crippen LogP contribution < -0.4 is 4.90 Å². The summed E-state index contributed by atoms with van der Waals surface area (Å²) in [4.78, 5) is 11.0. The molecule has 0 unspecified atom stereocenters. The average molecular weight is 431 g/mol.